The maximum absolute atomic E-state index is 13.5. The lowest BCUT2D eigenvalue weighted by Gasteiger charge is -2.19. The lowest BCUT2D eigenvalue weighted by molar-refractivity contribution is -0.137. The summed E-state index contributed by atoms with van der Waals surface area (Å²) in [7, 11) is -4.05. The molecule has 2 N–H and O–H groups in total. The second-order valence-corrected chi connectivity index (χ2v) is 15.1. The molecule has 1 aromatic heterocycles. The number of hydrogen-bond acceptors (Lipinski definition) is 6. The Bertz CT molecular complexity index is 1770. The fraction of sp³-hybridized carbons (Fsp3) is 0.361. The Morgan fingerprint density at radius 3 is 2.27 bits per heavy atom. The third-order valence-electron chi connectivity index (χ3n) is 8.33. The van der Waals surface area contributed by atoms with E-state index >= 15 is 0 Å². The van der Waals surface area contributed by atoms with Gasteiger partial charge in [-0.25, -0.2) is 13.4 Å². The second kappa shape index (κ2) is 13.4. The minimum Gasteiger partial charge on any atom is -0.481 e. The highest BCUT2D eigenvalue weighted by molar-refractivity contribution is 7.91. The van der Waals surface area contributed by atoms with Crippen molar-refractivity contribution >= 4 is 32.5 Å². The second-order valence-electron chi connectivity index (χ2n) is 12.9. The Labute approximate surface area is 264 Å². The van der Waals surface area contributed by atoms with Crippen LogP contribution in [0.25, 0.3) is 10.8 Å². The molecule has 8 nitrogen and oxygen atoms in total. The van der Waals surface area contributed by atoms with Crippen molar-refractivity contribution in [3.8, 4) is 11.5 Å². The highest BCUT2D eigenvalue weighted by Crippen LogP contribution is 2.33. The fourth-order valence-electron chi connectivity index (χ4n) is 5.83. The lowest BCUT2D eigenvalue weighted by atomic mass is 9.87. The number of sulfone groups is 1. The average molecular weight is 629 g/mol. The van der Waals surface area contributed by atoms with Crippen LogP contribution in [0.15, 0.2) is 78.9 Å². The minimum atomic E-state index is -4.05. The van der Waals surface area contributed by atoms with Gasteiger partial charge in [-0.05, 0) is 64.6 Å². The summed E-state index contributed by atoms with van der Waals surface area (Å²) in [5, 5.41) is 12.0. The number of amides is 1. The van der Waals surface area contributed by atoms with Crippen molar-refractivity contribution in [3.63, 3.8) is 0 Å². The number of carboxylic acid groups (broad SMARTS) is 1. The number of carbonyl (C=O) groups excluding carboxylic acids is 1. The van der Waals surface area contributed by atoms with Gasteiger partial charge in [0.1, 0.15) is 22.6 Å². The van der Waals surface area contributed by atoms with Crippen molar-refractivity contribution in [2.24, 2.45) is 5.92 Å². The van der Waals surface area contributed by atoms with E-state index in [9.17, 15) is 23.1 Å². The standard InChI is InChI=1S/C36H40N2O6S/c1-36(2,3)27-14-17-28(18-15-27)44-29-16-13-26-20-32(37-31(30(26)21-29)19-24-9-7-8-10-24)35(41)38-33(22-34(39)40)45(42,43)23-25-11-5-4-6-12-25/h4-6,11-18,20-21,24,33H,7-10,19,22-23H2,1-3H3,(H,38,41)(H,39,40). The van der Waals surface area contributed by atoms with Crippen LogP contribution in [0.3, 0.4) is 0 Å². The zero-order chi connectivity index (χ0) is 32.2. The van der Waals surface area contributed by atoms with Crippen LogP contribution in [0.2, 0.25) is 0 Å². The van der Waals surface area contributed by atoms with E-state index in [4.69, 9.17) is 9.72 Å². The molecule has 1 aliphatic carbocycles. The molecule has 1 atom stereocenters. The number of hydrogen-bond donors (Lipinski definition) is 2. The van der Waals surface area contributed by atoms with Crippen molar-refractivity contribution in [1.29, 1.82) is 0 Å². The smallest absolute Gasteiger partial charge is 0.306 e. The van der Waals surface area contributed by atoms with Crippen molar-refractivity contribution in [3.05, 3.63) is 101 Å². The summed E-state index contributed by atoms with van der Waals surface area (Å²) in [5.41, 5.74) is 2.53. The topological polar surface area (TPSA) is 123 Å². The highest BCUT2D eigenvalue weighted by atomic mass is 32.2. The molecule has 0 aliphatic heterocycles. The van der Waals surface area contributed by atoms with Gasteiger partial charge in [-0.3, -0.25) is 9.59 Å². The molecule has 4 aromatic rings. The molecule has 45 heavy (non-hydrogen) atoms. The first-order chi connectivity index (χ1) is 21.4. The summed E-state index contributed by atoms with van der Waals surface area (Å²) in [5.74, 6) is -0.667. The van der Waals surface area contributed by atoms with Crippen LogP contribution >= 0.6 is 0 Å². The molecule has 1 fully saturated rings. The number of carboxylic acids is 1. The molecule has 1 heterocycles. The monoisotopic (exact) mass is 628 g/mol. The number of aliphatic carboxylic acids is 1. The van der Waals surface area contributed by atoms with E-state index in [0.717, 1.165) is 42.1 Å². The Morgan fingerprint density at radius 1 is 0.956 bits per heavy atom. The van der Waals surface area contributed by atoms with Crippen molar-refractivity contribution in [2.45, 2.75) is 75.8 Å². The molecule has 0 spiro atoms. The number of aromatic nitrogens is 1. The molecule has 5 rings (SSSR count). The molecule has 0 bridgehead atoms. The average Bonchev–Trinajstić information content (AvgIpc) is 3.50. The third-order valence-corrected chi connectivity index (χ3v) is 10.2. The van der Waals surface area contributed by atoms with Crippen LogP contribution in [-0.2, 0) is 32.2 Å². The summed E-state index contributed by atoms with van der Waals surface area (Å²) in [6.07, 6.45) is 4.37. The molecule has 3 aromatic carbocycles. The summed E-state index contributed by atoms with van der Waals surface area (Å²) in [6, 6.07) is 23.8. The van der Waals surface area contributed by atoms with E-state index in [1.807, 2.05) is 30.3 Å². The van der Waals surface area contributed by atoms with Crippen LogP contribution in [0, 0.1) is 5.92 Å². The largest absolute Gasteiger partial charge is 0.481 e. The first kappa shape index (κ1) is 32.2. The number of rotatable bonds is 11. The Kier molecular flexibility index (Phi) is 9.58. The van der Waals surface area contributed by atoms with Gasteiger partial charge >= 0.3 is 5.97 Å². The summed E-state index contributed by atoms with van der Waals surface area (Å²) < 4.78 is 32.7. The molecule has 1 saturated carbocycles. The van der Waals surface area contributed by atoms with E-state index in [2.05, 4.69) is 38.2 Å². The number of fused-ring (bicyclic) bond motifs is 1. The van der Waals surface area contributed by atoms with Crippen molar-refractivity contribution < 1.29 is 27.9 Å². The van der Waals surface area contributed by atoms with Gasteiger partial charge in [0.05, 0.1) is 12.2 Å². The Morgan fingerprint density at radius 2 is 1.62 bits per heavy atom. The number of carbonyl (C=O) groups is 2. The third kappa shape index (κ3) is 8.28. The molecule has 1 amide bonds. The first-order valence-electron chi connectivity index (χ1n) is 15.4. The van der Waals surface area contributed by atoms with E-state index in [1.54, 1.807) is 36.4 Å². The maximum Gasteiger partial charge on any atom is 0.306 e. The van der Waals surface area contributed by atoms with E-state index < -0.39 is 39.3 Å². The number of benzene rings is 3. The highest BCUT2D eigenvalue weighted by Gasteiger charge is 2.31. The Balaban J connectivity index is 1.44. The SMILES string of the molecule is CC(C)(C)c1ccc(Oc2ccc3cc(C(=O)NC(CC(=O)O)S(=O)(=O)Cc4ccccc4)nc(CC4CCCC4)c3c2)cc1. The molecule has 9 heteroatoms. The van der Waals surface area contributed by atoms with Gasteiger partial charge in [0, 0.05) is 11.1 Å². The number of ether oxygens (including phenoxy) is 1. The van der Waals surface area contributed by atoms with Crippen LogP contribution in [0.4, 0.5) is 0 Å². The number of nitrogens with one attached hydrogen (secondary N) is 1. The minimum absolute atomic E-state index is 0.0337. The van der Waals surface area contributed by atoms with Gasteiger partial charge in [0.15, 0.2) is 9.84 Å². The maximum atomic E-state index is 13.5. The van der Waals surface area contributed by atoms with Crippen LogP contribution in [0.1, 0.15) is 80.2 Å². The quantitative estimate of drug-likeness (QED) is 0.180. The van der Waals surface area contributed by atoms with Crippen molar-refractivity contribution in [2.75, 3.05) is 0 Å². The molecule has 0 radical (unpaired) electrons. The molecule has 0 saturated heterocycles. The first-order valence-corrected chi connectivity index (χ1v) is 17.1. The molecular formula is C36H40N2O6S. The molecular weight excluding hydrogens is 588 g/mol. The Hall–Kier alpha value is -4.24. The van der Waals surface area contributed by atoms with Gasteiger partial charge in [-0.1, -0.05) is 95.0 Å². The summed E-state index contributed by atoms with van der Waals surface area (Å²) in [4.78, 5) is 29.9. The molecule has 1 unspecified atom stereocenters. The molecule has 1 aliphatic rings. The van der Waals surface area contributed by atoms with E-state index in [-0.39, 0.29) is 11.1 Å². The number of nitrogens with zero attached hydrogens (tertiary/aromatic N) is 1. The van der Waals surface area contributed by atoms with Crippen LogP contribution in [-0.4, -0.2) is 35.8 Å². The van der Waals surface area contributed by atoms with Gasteiger partial charge in [0.2, 0.25) is 0 Å². The van der Waals surface area contributed by atoms with Gasteiger partial charge in [-0.15, -0.1) is 0 Å². The lowest BCUT2D eigenvalue weighted by Crippen LogP contribution is -2.43. The van der Waals surface area contributed by atoms with Crippen LogP contribution in [0.5, 0.6) is 11.5 Å². The zero-order valence-corrected chi connectivity index (χ0v) is 26.8. The fourth-order valence-corrected chi connectivity index (χ4v) is 7.37. The predicted molar refractivity (Wildman–Crippen MR) is 175 cm³/mol. The van der Waals surface area contributed by atoms with E-state index in [0.29, 0.717) is 29.4 Å². The van der Waals surface area contributed by atoms with Crippen molar-refractivity contribution in [1.82, 2.24) is 10.3 Å². The summed E-state index contributed by atoms with van der Waals surface area (Å²) in [6.45, 7) is 6.49. The van der Waals surface area contributed by atoms with Gasteiger partial charge < -0.3 is 15.2 Å². The zero-order valence-electron chi connectivity index (χ0n) is 26.0. The predicted octanol–water partition coefficient (Wildman–Crippen LogP) is 7.20. The summed E-state index contributed by atoms with van der Waals surface area (Å²) >= 11 is 0. The van der Waals surface area contributed by atoms with E-state index in [1.165, 1.54) is 5.56 Å². The van der Waals surface area contributed by atoms with Gasteiger partial charge in [-0.2, -0.15) is 0 Å². The normalized spacial score (nSPS) is 14.7. The van der Waals surface area contributed by atoms with Gasteiger partial charge in [0.25, 0.3) is 5.91 Å². The van der Waals surface area contributed by atoms with Crippen LogP contribution < -0.4 is 10.1 Å². The molecule has 236 valence electrons. The number of pyridine rings is 1.